The van der Waals surface area contributed by atoms with Crippen LogP contribution in [0.25, 0.3) is 10.2 Å². The lowest BCUT2D eigenvalue weighted by molar-refractivity contribution is -0.148. The lowest BCUT2D eigenvalue weighted by atomic mass is 9.91. The van der Waals surface area contributed by atoms with Gasteiger partial charge < -0.3 is 20.9 Å². The van der Waals surface area contributed by atoms with Crippen LogP contribution < -0.4 is 11.1 Å². The maximum absolute atomic E-state index is 13.5. The molecular formula is C28H36N6O2S. The van der Waals surface area contributed by atoms with Crippen LogP contribution in [0.2, 0.25) is 0 Å². The lowest BCUT2D eigenvalue weighted by Gasteiger charge is -2.40. The standard InChI is InChI=1S/C28H36N6O2S/c1-4-18-14-21(16-30-25(18)29)31-26(35)28(36)34-17(2)6-5-7-23(34)20-8-9-24-22(15-20)32-27(37-24)19-10-12-33(3)13-11-19/h8-9,14-17,19,23H,4-7,10-13H2,1-3H3,(H2,29,30)(H,31,35)/t17-,23-/m0/s1. The summed E-state index contributed by atoms with van der Waals surface area (Å²) >= 11 is 1.79. The molecule has 196 valence electrons. The van der Waals surface area contributed by atoms with Crippen LogP contribution in [0, 0.1) is 0 Å². The van der Waals surface area contributed by atoms with Crippen LogP contribution in [0.1, 0.15) is 74.0 Å². The minimum Gasteiger partial charge on any atom is -0.383 e. The van der Waals surface area contributed by atoms with Crippen molar-refractivity contribution in [2.45, 2.75) is 70.4 Å². The molecule has 0 bridgehead atoms. The first kappa shape index (κ1) is 25.6. The first-order valence-corrected chi connectivity index (χ1v) is 14.1. The second kappa shape index (κ2) is 10.8. The van der Waals surface area contributed by atoms with Crippen LogP contribution in [-0.4, -0.2) is 57.8 Å². The number of anilines is 2. The van der Waals surface area contributed by atoms with Crippen molar-refractivity contribution >= 4 is 44.9 Å². The number of benzene rings is 1. The van der Waals surface area contributed by atoms with E-state index in [-0.39, 0.29) is 12.1 Å². The first-order chi connectivity index (χ1) is 17.8. The third kappa shape index (κ3) is 5.33. The maximum Gasteiger partial charge on any atom is 0.313 e. The Kier molecular flexibility index (Phi) is 7.44. The van der Waals surface area contributed by atoms with E-state index < -0.39 is 11.8 Å². The largest absolute Gasteiger partial charge is 0.383 e. The van der Waals surface area contributed by atoms with E-state index in [4.69, 9.17) is 10.7 Å². The summed E-state index contributed by atoms with van der Waals surface area (Å²) in [5, 5.41) is 3.96. The number of nitrogens with zero attached hydrogens (tertiary/aromatic N) is 4. The molecule has 2 fully saturated rings. The minimum atomic E-state index is -0.647. The van der Waals surface area contributed by atoms with Crippen molar-refractivity contribution in [1.29, 1.82) is 0 Å². The van der Waals surface area contributed by atoms with Gasteiger partial charge in [0.05, 0.1) is 33.2 Å². The van der Waals surface area contributed by atoms with E-state index in [1.165, 1.54) is 15.9 Å². The molecule has 3 N–H and O–H groups in total. The molecule has 0 spiro atoms. The fraction of sp³-hybridized carbons (Fsp3) is 0.500. The van der Waals surface area contributed by atoms with Gasteiger partial charge in [-0.25, -0.2) is 9.97 Å². The summed E-state index contributed by atoms with van der Waals surface area (Å²) in [6.45, 7) is 6.21. The highest BCUT2D eigenvalue weighted by molar-refractivity contribution is 7.18. The molecular weight excluding hydrogens is 484 g/mol. The van der Waals surface area contributed by atoms with Crippen LogP contribution in [0.3, 0.4) is 0 Å². The highest BCUT2D eigenvalue weighted by Gasteiger charge is 2.36. The van der Waals surface area contributed by atoms with Crippen molar-refractivity contribution in [2.75, 3.05) is 31.2 Å². The van der Waals surface area contributed by atoms with Gasteiger partial charge in [0.1, 0.15) is 5.82 Å². The normalized spacial score (nSPS) is 21.3. The molecule has 1 aromatic carbocycles. The molecule has 37 heavy (non-hydrogen) atoms. The number of nitrogen functional groups attached to an aromatic ring is 1. The van der Waals surface area contributed by atoms with Gasteiger partial charge in [-0.2, -0.15) is 0 Å². The van der Waals surface area contributed by atoms with E-state index >= 15 is 0 Å². The summed E-state index contributed by atoms with van der Waals surface area (Å²) in [7, 11) is 2.17. The number of amides is 2. The Labute approximate surface area is 222 Å². The molecule has 5 rings (SSSR count). The van der Waals surface area contributed by atoms with Crippen LogP contribution >= 0.6 is 11.3 Å². The number of piperidine rings is 2. The highest BCUT2D eigenvalue weighted by atomic mass is 32.1. The summed E-state index contributed by atoms with van der Waals surface area (Å²) < 4.78 is 1.18. The van der Waals surface area contributed by atoms with Crippen LogP contribution in [0.15, 0.2) is 30.5 Å². The molecule has 9 heteroatoms. The Morgan fingerprint density at radius 1 is 1.16 bits per heavy atom. The molecule has 0 aliphatic carbocycles. The monoisotopic (exact) mass is 520 g/mol. The number of likely N-dealkylation sites (tertiary alicyclic amines) is 2. The maximum atomic E-state index is 13.5. The van der Waals surface area contributed by atoms with Gasteiger partial charge in [-0.1, -0.05) is 13.0 Å². The van der Waals surface area contributed by atoms with Gasteiger partial charge in [0.25, 0.3) is 0 Å². The average Bonchev–Trinajstić information content (AvgIpc) is 3.33. The SMILES string of the molecule is CCc1cc(NC(=O)C(=O)N2[C@@H](C)CCC[C@H]2c2ccc3sc(C4CCN(C)CC4)nc3c2)cnc1N. The molecule has 2 aliphatic rings. The number of pyridine rings is 1. The molecule has 2 atom stereocenters. The number of rotatable bonds is 4. The molecule has 0 saturated carbocycles. The summed E-state index contributed by atoms with van der Waals surface area (Å²) in [6, 6.07) is 7.96. The summed E-state index contributed by atoms with van der Waals surface area (Å²) in [5.74, 6) is -0.207. The van der Waals surface area contributed by atoms with Crippen molar-refractivity contribution in [3.05, 3.63) is 46.6 Å². The zero-order valence-electron chi connectivity index (χ0n) is 21.9. The van der Waals surface area contributed by atoms with E-state index in [2.05, 4.69) is 40.4 Å². The minimum absolute atomic E-state index is 0.0336. The van der Waals surface area contributed by atoms with Crippen LogP contribution in [0.4, 0.5) is 11.5 Å². The average molecular weight is 521 g/mol. The fourth-order valence-electron chi connectivity index (χ4n) is 5.63. The molecule has 2 saturated heterocycles. The van der Waals surface area contributed by atoms with Gasteiger partial charge in [-0.15, -0.1) is 11.3 Å². The third-order valence-electron chi connectivity index (χ3n) is 7.86. The molecule has 0 radical (unpaired) electrons. The number of nitrogens with two attached hydrogens (primary N) is 1. The summed E-state index contributed by atoms with van der Waals surface area (Å²) in [5.41, 5.74) is 9.25. The number of aryl methyl sites for hydroxylation is 1. The van der Waals surface area contributed by atoms with Gasteiger partial charge in [-0.3, -0.25) is 9.59 Å². The van der Waals surface area contributed by atoms with Crippen molar-refractivity contribution in [2.24, 2.45) is 0 Å². The number of hydrogen-bond donors (Lipinski definition) is 2. The molecule has 2 aliphatic heterocycles. The van der Waals surface area contributed by atoms with Gasteiger partial charge in [0, 0.05) is 12.0 Å². The summed E-state index contributed by atoms with van der Waals surface area (Å²) in [6.07, 6.45) is 7.18. The van der Waals surface area contributed by atoms with E-state index in [1.54, 1.807) is 22.3 Å². The zero-order valence-corrected chi connectivity index (χ0v) is 22.7. The number of aromatic nitrogens is 2. The highest BCUT2D eigenvalue weighted by Crippen LogP contribution is 2.38. The van der Waals surface area contributed by atoms with Gasteiger partial charge in [0.15, 0.2) is 0 Å². The number of thiazole rings is 1. The zero-order chi connectivity index (χ0) is 26.1. The lowest BCUT2D eigenvalue weighted by Crippen LogP contribution is -2.48. The predicted octanol–water partition coefficient (Wildman–Crippen LogP) is 4.73. The molecule has 4 heterocycles. The molecule has 0 unspecified atom stereocenters. The van der Waals surface area contributed by atoms with Crippen molar-refractivity contribution < 1.29 is 9.59 Å². The van der Waals surface area contributed by atoms with E-state index in [0.717, 1.165) is 61.8 Å². The fourth-order valence-corrected chi connectivity index (χ4v) is 6.75. The van der Waals surface area contributed by atoms with E-state index in [0.29, 0.717) is 23.8 Å². The number of hydrogen-bond acceptors (Lipinski definition) is 7. The number of fused-ring (bicyclic) bond motifs is 1. The second-order valence-electron chi connectivity index (χ2n) is 10.4. The third-order valence-corrected chi connectivity index (χ3v) is 9.06. The van der Waals surface area contributed by atoms with Gasteiger partial charge >= 0.3 is 11.8 Å². The molecule has 2 amide bonds. The van der Waals surface area contributed by atoms with E-state index in [1.807, 2.05) is 13.8 Å². The predicted molar refractivity (Wildman–Crippen MR) is 149 cm³/mol. The van der Waals surface area contributed by atoms with Gasteiger partial charge in [-0.05, 0) is 94.9 Å². The molecule has 8 nitrogen and oxygen atoms in total. The van der Waals surface area contributed by atoms with Crippen LogP contribution in [-0.2, 0) is 16.0 Å². The van der Waals surface area contributed by atoms with Crippen molar-refractivity contribution in [3.8, 4) is 0 Å². The Morgan fingerprint density at radius 2 is 1.95 bits per heavy atom. The Bertz CT molecular complexity index is 1300. The summed E-state index contributed by atoms with van der Waals surface area (Å²) in [4.78, 5) is 39.8. The Hall–Kier alpha value is -3.04. The molecule has 2 aromatic heterocycles. The quantitative estimate of drug-likeness (QED) is 0.482. The first-order valence-electron chi connectivity index (χ1n) is 13.3. The second-order valence-corrected chi connectivity index (χ2v) is 11.5. The number of nitrogens with one attached hydrogen (secondary N) is 1. The van der Waals surface area contributed by atoms with E-state index in [9.17, 15) is 9.59 Å². The smallest absolute Gasteiger partial charge is 0.313 e. The van der Waals surface area contributed by atoms with Crippen LogP contribution in [0.5, 0.6) is 0 Å². The molecule has 3 aromatic rings. The van der Waals surface area contributed by atoms with Crippen molar-refractivity contribution in [3.63, 3.8) is 0 Å². The number of carbonyl (C=O) groups excluding carboxylic acids is 2. The number of carbonyl (C=O) groups is 2. The Morgan fingerprint density at radius 3 is 2.70 bits per heavy atom. The van der Waals surface area contributed by atoms with Crippen molar-refractivity contribution in [1.82, 2.24) is 19.8 Å². The topological polar surface area (TPSA) is 104 Å². The van der Waals surface area contributed by atoms with Gasteiger partial charge in [0.2, 0.25) is 0 Å². The Balaban J connectivity index is 1.37.